The first-order valence-corrected chi connectivity index (χ1v) is 11.8. The molecule has 5 heteroatoms. The normalized spacial score (nSPS) is 22.2. The maximum Gasteiger partial charge on any atom is 0.341 e. The molecule has 5 nitrogen and oxygen atoms in total. The maximum absolute atomic E-state index is 12.9. The van der Waals surface area contributed by atoms with Gasteiger partial charge in [0.25, 0.3) is 0 Å². The summed E-state index contributed by atoms with van der Waals surface area (Å²) in [6, 6.07) is 11.5. The number of carboxylic acids is 1. The summed E-state index contributed by atoms with van der Waals surface area (Å²) in [7, 11) is 1.83. The first-order valence-electron chi connectivity index (χ1n) is 11.8. The van der Waals surface area contributed by atoms with Crippen molar-refractivity contribution in [3.8, 4) is 0 Å². The number of aliphatic carboxylic acids is 1. The Labute approximate surface area is 195 Å². The highest BCUT2D eigenvalue weighted by atomic mass is 16.5. The number of carbonyl (C=O) groups excluding carboxylic acids is 1. The Kier molecular flexibility index (Phi) is 6.08. The van der Waals surface area contributed by atoms with E-state index in [0.717, 1.165) is 47.2 Å². The van der Waals surface area contributed by atoms with E-state index >= 15 is 0 Å². The minimum atomic E-state index is -1.03. The second-order valence-electron chi connectivity index (χ2n) is 9.47. The van der Waals surface area contributed by atoms with Crippen molar-refractivity contribution in [2.45, 2.75) is 58.5 Å². The zero-order valence-corrected chi connectivity index (χ0v) is 20.1. The highest BCUT2D eigenvalue weighted by Gasteiger charge is 2.45. The summed E-state index contributed by atoms with van der Waals surface area (Å²) in [6.07, 6.45) is 4.37. The lowest BCUT2D eigenvalue weighted by atomic mass is 9.69. The van der Waals surface area contributed by atoms with Crippen molar-refractivity contribution in [2.75, 3.05) is 12.4 Å². The van der Waals surface area contributed by atoms with E-state index in [9.17, 15) is 14.7 Å². The number of hydrogen-bond acceptors (Lipinski definition) is 4. The zero-order chi connectivity index (χ0) is 23.9. The van der Waals surface area contributed by atoms with Gasteiger partial charge in [-0.15, -0.1) is 0 Å². The Balaban J connectivity index is 1.71. The number of carboxylic acid groups (broad SMARTS) is 1. The monoisotopic (exact) mass is 447 g/mol. The van der Waals surface area contributed by atoms with Gasteiger partial charge < -0.3 is 15.2 Å². The number of nitrogens with one attached hydrogen (secondary N) is 1. The molecule has 4 rings (SSSR count). The molecule has 1 aliphatic heterocycles. The number of esters is 1. The van der Waals surface area contributed by atoms with Crippen LogP contribution >= 0.6 is 0 Å². The fourth-order valence-electron chi connectivity index (χ4n) is 5.62. The smallest absolute Gasteiger partial charge is 0.341 e. The molecule has 4 atom stereocenters. The largest absolute Gasteiger partial charge is 0.481 e. The molecule has 1 heterocycles. The van der Waals surface area contributed by atoms with Crippen LogP contribution in [0.2, 0.25) is 0 Å². The molecule has 0 amide bonds. The summed E-state index contributed by atoms with van der Waals surface area (Å²) >= 11 is 0. The quantitative estimate of drug-likeness (QED) is 0.413. The van der Waals surface area contributed by atoms with Crippen LogP contribution < -0.4 is 5.32 Å². The lowest BCUT2D eigenvalue weighted by molar-refractivity contribution is -0.144. The van der Waals surface area contributed by atoms with Gasteiger partial charge in [-0.3, -0.25) is 4.79 Å². The van der Waals surface area contributed by atoms with Crippen LogP contribution in [0, 0.1) is 18.8 Å². The Morgan fingerprint density at radius 1 is 1.30 bits per heavy atom. The van der Waals surface area contributed by atoms with E-state index in [-0.39, 0.29) is 23.9 Å². The van der Waals surface area contributed by atoms with E-state index in [1.165, 1.54) is 5.56 Å². The molecule has 1 aliphatic carbocycles. The number of hydrogen-bond donors (Lipinski definition) is 2. The molecule has 0 radical (unpaired) electrons. The molecule has 2 N–H and O–H groups in total. The minimum absolute atomic E-state index is 0.0389. The number of rotatable bonds is 7. The van der Waals surface area contributed by atoms with Gasteiger partial charge in [0.1, 0.15) is 6.10 Å². The highest BCUT2D eigenvalue weighted by molar-refractivity contribution is 6.00. The van der Waals surface area contributed by atoms with Crippen molar-refractivity contribution in [1.82, 2.24) is 0 Å². The topological polar surface area (TPSA) is 75.6 Å². The van der Waals surface area contributed by atoms with Gasteiger partial charge in [0.2, 0.25) is 0 Å². The van der Waals surface area contributed by atoms with Crippen LogP contribution in [-0.4, -0.2) is 24.1 Å². The summed E-state index contributed by atoms with van der Waals surface area (Å²) in [5.41, 5.74) is 5.67. The third-order valence-corrected chi connectivity index (χ3v) is 7.94. The van der Waals surface area contributed by atoms with Crippen molar-refractivity contribution in [2.24, 2.45) is 11.8 Å². The molecular formula is C28H33NO4. The van der Waals surface area contributed by atoms with Crippen LogP contribution in [-0.2, 0) is 21.4 Å². The van der Waals surface area contributed by atoms with E-state index in [1.807, 2.05) is 57.3 Å². The van der Waals surface area contributed by atoms with Crippen LogP contribution in [0.15, 0.2) is 48.0 Å². The van der Waals surface area contributed by atoms with Gasteiger partial charge in [0.15, 0.2) is 0 Å². The Bertz CT molecular complexity index is 1120. The zero-order valence-electron chi connectivity index (χ0n) is 20.1. The summed E-state index contributed by atoms with van der Waals surface area (Å²) in [4.78, 5) is 25.3. The number of ether oxygens (including phenoxy) is 1. The third kappa shape index (κ3) is 3.64. The third-order valence-electron chi connectivity index (χ3n) is 7.94. The molecule has 0 saturated heterocycles. The molecule has 174 valence electrons. The van der Waals surface area contributed by atoms with E-state index in [0.29, 0.717) is 5.56 Å². The summed E-state index contributed by atoms with van der Waals surface area (Å²) in [5, 5.41) is 13.4. The molecule has 0 saturated carbocycles. The van der Waals surface area contributed by atoms with Gasteiger partial charge in [0, 0.05) is 24.2 Å². The average Bonchev–Trinajstić information content (AvgIpc) is 3.44. The maximum atomic E-state index is 12.9. The summed E-state index contributed by atoms with van der Waals surface area (Å²) in [6.45, 7) is 8.01. The minimum Gasteiger partial charge on any atom is -0.481 e. The molecule has 0 fully saturated rings. The predicted molar refractivity (Wildman–Crippen MR) is 130 cm³/mol. The fraction of sp³-hybridized carbons (Fsp3) is 0.429. The molecule has 0 spiro atoms. The van der Waals surface area contributed by atoms with E-state index in [2.05, 4.69) is 25.2 Å². The standard InChI is InChI=1S/C28H33NO4/c1-6-18-15-22(29-5)24-23(16(18)2)25(33-26(24)30)20-13-12-19(14-20)17(3)28(4,27(31)32)21-10-8-7-9-11-21/h7-11,14-15,17,20,25,29H,6,12-13H2,1-5H3,(H,31,32). The van der Waals surface area contributed by atoms with Gasteiger partial charge in [-0.25, -0.2) is 4.79 Å². The lowest BCUT2D eigenvalue weighted by Crippen LogP contribution is -2.39. The summed E-state index contributed by atoms with van der Waals surface area (Å²) < 4.78 is 5.94. The number of allylic oxidation sites excluding steroid dienone is 1. The van der Waals surface area contributed by atoms with E-state index in [4.69, 9.17) is 4.74 Å². The Morgan fingerprint density at radius 2 is 2.00 bits per heavy atom. The van der Waals surface area contributed by atoms with Gasteiger partial charge in [-0.2, -0.15) is 0 Å². The first kappa shape index (κ1) is 23.1. The second kappa shape index (κ2) is 8.69. The summed E-state index contributed by atoms with van der Waals surface area (Å²) in [5.74, 6) is -1.25. The van der Waals surface area contributed by atoms with Gasteiger partial charge in [-0.1, -0.05) is 55.8 Å². The van der Waals surface area contributed by atoms with E-state index < -0.39 is 11.4 Å². The molecule has 0 aromatic heterocycles. The van der Waals surface area contributed by atoms with Crippen LogP contribution in [0.1, 0.15) is 72.3 Å². The first-order chi connectivity index (χ1) is 15.7. The van der Waals surface area contributed by atoms with Crippen molar-refractivity contribution in [3.63, 3.8) is 0 Å². The number of cyclic esters (lactones) is 1. The van der Waals surface area contributed by atoms with Gasteiger partial charge in [0.05, 0.1) is 11.0 Å². The fourth-order valence-corrected chi connectivity index (χ4v) is 5.62. The van der Waals surface area contributed by atoms with Crippen molar-refractivity contribution in [1.29, 1.82) is 0 Å². The number of anilines is 1. The average molecular weight is 448 g/mol. The molecule has 2 aliphatic rings. The second-order valence-corrected chi connectivity index (χ2v) is 9.47. The van der Waals surface area contributed by atoms with Crippen LogP contribution in [0.4, 0.5) is 5.69 Å². The van der Waals surface area contributed by atoms with Gasteiger partial charge in [-0.05, 0) is 61.8 Å². The number of benzene rings is 2. The van der Waals surface area contributed by atoms with Crippen molar-refractivity contribution < 1.29 is 19.4 Å². The number of fused-ring (bicyclic) bond motifs is 1. The van der Waals surface area contributed by atoms with Crippen LogP contribution in [0.25, 0.3) is 0 Å². The van der Waals surface area contributed by atoms with Crippen LogP contribution in [0.5, 0.6) is 0 Å². The highest BCUT2D eigenvalue weighted by Crippen LogP contribution is 2.49. The van der Waals surface area contributed by atoms with Crippen molar-refractivity contribution in [3.05, 3.63) is 75.9 Å². The number of aryl methyl sites for hydroxylation is 1. The van der Waals surface area contributed by atoms with Crippen molar-refractivity contribution >= 4 is 17.6 Å². The molecule has 2 aromatic rings. The molecule has 4 unspecified atom stereocenters. The molecule has 0 bridgehead atoms. The van der Waals surface area contributed by atoms with Gasteiger partial charge >= 0.3 is 11.9 Å². The molecule has 33 heavy (non-hydrogen) atoms. The number of carbonyl (C=O) groups is 2. The molecular weight excluding hydrogens is 414 g/mol. The van der Waals surface area contributed by atoms with Crippen LogP contribution in [0.3, 0.4) is 0 Å². The SMILES string of the molecule is CCc1cc(NC)c2c(c1C)C(C1C=C(C(C)C(C)(C(=O)O)c3ccccc3)CC1)OC2=O. The molecule has 2 aromatic carbocycles. The Morgan fingerprint density at radius 3 is 2.61 bits per heavy atom. The Hall–Kier alpha value is -3.08. The lowest BCUT2D eigenvalue weighted by Gasteiger charge is -2.33. The van der Waals surface area contributed by atoms with E-state index in [1.54, 1.807) is 0 Å². The predicted octanol–water partition coefficient (Wildman–Crippen LogP) is 5.83.